The van der Waals surface area contributed by atoms with Gasteiger partial charge in [0.25, 0.3) is 0 Å². The van der Waals surface area contributed by atoms with E-state index < -0.39 is 6.04 Å². The molecule has 0 radical (unpaired) electrons. The Morgan fingerprint density at radius 1 is 1.17 bits per heavy atom. The second-order valence-electron chi connectivity index (χ2n) is 11.1. The van der Waals surface area contributed by atoms with Crippen LogP contribution in [-0.2, 0) is 14.4 Å². The number of aromatic nitrogens is 2. The molecule has 2 unspecified atom stereocenters. The molecule has 2 amide bonds. The number of carbonyl (C=O) groups excluding carboxylic acids is 3. The molecule has 0 spiro atoms. The van der Waals surface area contributed by atoms with Crippen molar-refractivity contribution in [1.82, 2.24) is 20.2 Å². The summed E-state index contributed by atoms with van der Waals surface area (Å²) >= 11 is 0. The van der Waals surface area contributed by atoms with Crippen molar-refractivity contribution >= 4 is 28.6 Å². The molecule has 1 aromatic heterocycles. The topological polar surface area (TPSA) is 95.2 Å². The standard InChI is InChI=1S/C28H40N4O3/c1-16(2)20-14-21(20)28(35)30-23(15-25(34)32-12-7-6-10-19(32)5)24(33)13-18(4)27-29-22-11-8-9-17(3)26(22)31-27/h8-9,11,16,18-21,23H,6-7,10,12-15H2,1-5H3,(H,29,31)(H,30,35)/t18-,19+,20?,21?,23+/m1/s1. The lowest BCUT2D eigenvalue weighted by atomic mass is 9.96. The summed E-state index contributed by atoms with van der Waals surface area (Å²) in [5.41, 5.74) is 2.94. The molecule has 7 nitrogen and oxygen atoms in total. The molecule has 7 heteroatoms. The summed E-state index contributed by atoms with van der Waals surface area (Å²) in [6.45, 7) is 11.0. The number of nitrogens with zero attached hydrogens (tertiary/aromatic N) is 2. The zero-order valence-electron chi connectivity index (χ0n) is 21.8. The minimum Gasteiger partial charge on any atom is -0.346 e. The number of hydrogen-bond acceptors (Lipinski definition) is 4. The van der Waals surface area contributed by atoms with Crippen LogP contribution in [0, 0.1) is 24.7 Å². The first kappa shape index (κ1) is 25.4. The lowest BCUT2D eigenvalue weighted by Crippen LogP contribution is -2.48. The molecule has 0 bridgehead atoms. The van der Waals surface area contributed by atoms with Crippen molar-refractivity contribution < 1.29 is 14.4 Å². The normalized spacial score (nSPS) is 23.8. The van der Waals surface area contributed by atoms with E-state index in [1.54, 1.807) is 0 Å². The largest absolute Gasteiger partial charge is 0.346 e. The molecule has 2 fully saturated rings. The van der Waals surface area contributed by atoms with Crippen LogP contribution in [0.15, 0.2) is 18.2 Å². The van der Waals surface area contributed by atoms with E-state index in [4.69, 9.17) is 4.98 Å². The molecule has 1 aromatic carbocycles. The minimum atomic E-state index is -0.800. The monoisotopic (exact) mass is 480 g/mol. The van der Waals surface area contributed by atoms with Gasteiger partial charge in [0.1, 0.15) is 5.82 Å². The van der Waals surface area contributed by atoms with Crippen LogP contribution in [0.4, 0.5) is 0 Å². The van der Waals surface area contributed by atoms with Gasteiger partial charge in [0.05, 0.1) is 23.5 Å². The SMILES string of the molecule is Cc1cccc2[nH]c([C@H](C)CC(=O)[C@H](CC(=O)N3CCCC[C@@H]3C)NC(=O)C3CC3C(C)C)nc12. The summed E-state index contributed by atoms with van der Waals surface area (Å²) in [6, 6.07) is 5.36. The summed E-state index contributed by atoms with van der Waals surface area (Å²) < 4.78 is 0. The zero-order valence-corrected chi connectivity index (χ0v) is 21.8. The van der Waals surface area contributed by atoms with Gasteiger partial charge in [0.15, 0.2) is 5.78 Å². The Morgan fingerprint density at radius 3 is 2.60 bits per heavy atom. The Bertz CT molecular complexity index is 1090. The first-order valence-corrected chi connectivity index (χ1v) is 13.2. The number of amides is 2. The highest BCUT2D eigenvalue weighted by Crippen LogP contribution is 2.44. The van der Waals surface area contributed by atoms with Gasteiger partial charge in [-0.25, -0.2) is 4.98 Å². The van der Waals surface area contributed by atoms with E-state index in [0.717, 1.165) is 54.6 Å². The Labute approximate surface area is 208 Å². The Hall–Kier alpha value is -2.70. The number of imidazole rings is 1. The predicted molar refractivity (Wildman–Crippen MR) is 137 cm³/mol. The van der Waals surface area contributed by atoms with Gasteiger partial charge in [-0.3, -0.25) is 14.4 Å². The number of hydrogen-bond donors (Lipinski definition) is 2. The number of piperidine rings is 1. The molecule has 2 N–H and O–H groups in total. The van der Waals surface area contributed by atoms with E-state index >= 15 is 0 Å². The van der Waals surface area contributed by atoms with Crippen LogP contribution in [0.3, 0.4) is 0 Å². The van der Waals surface area contributed by atoms with E-state index in [1.807, 2.05) is 36.9 Å². The molecule has 1 aliphatic carbocycles. The summed E-state index contributed by atoms with van der Waals surface area (Å²) in [7, 11) is 0. The van der Waals surface area contributed by atoms with E-state index in [2.05, 4.69) is 31.1 Å². The number of benzene rings is 1. The molecule has 2 aliphatic rings. The smallest absolute Gasteiger partial charge is 0.225 e. The van der Waals surface area contributed by atoms with Crippen LogP contribution in [0.2, 0.25) is 0 Å². The molecule has 190 valence electrons. The summed E-state index contributed by atoms with van der Waals surface area (Å²) in [4.78, 5) is 49.6. The number of likely N-dealkylation sites (tertiary alicyclic amines) is 1. The van der Waals surface area contributed by atoms with Gasteiger partial charge in [0, 0.05) is 30.8 Å². The number of nitrogens with one attached hydrogen (secondary N) is 2. The van der Waals surface area contributed by atoms with E-state index in [0.29, 0.717) is 11.8 Å². The van der Waals surface area contributed by atoms with Gasteiger partial charge in [-0.2, -0.15) is 0 Å². The second-order valence-corrected chi connectivity index (χ2v) is 11.1. The minimum absolute atomic E-state index is 0.0277. The van der Waals surface area contributed by atoms with Gasteiger partial charge in [-0.05, 0) is 63.0 Å². The fourth-order valence-corrected chi connectivity index (χ4v) is 5.51. The Balaban J connectivity index is 1.47. The quantitative estimate of drug-likeness (QED) is 0.552. The molecular weight excluding hydrogens is 440 g/mol. The third kappa shape index (κ3) is 5.76. The maximum absolute atomic E-state index is 13.5. The highest BCUT2D eigenvalue weighted by molar-refractivity contribution is 5.94. The van der Waals surface area contributed by atoms with Gasteiger partial charge >= 0.3 is 0 Å². The van der Waals surface area contributed by atoms with Crippen molar-refractivity contribution in [3.8, 4) is 0 Å². The summed E-state index contributed by atoms with van der Waals surface area (Å²) in [5, 5.41) is 2.97. The zero-order chi connectivity index (χ0) is 25.3. The Morgan fingerprint density at radius 2 is 1.94 bits per heavy atom. The van der Waals surface area contributed by atoms with Gasteiger partial charge in [-0.1, -0.05) is 32.9 Å². The highest BCUT2D eigenvalue weighted by Gasteiger charge is 2.45. The summed E-state index contributed by atoms with van der Waals surface area (Å²) in [6.07, 6.45) is 4.19. The maximum atomic E-state index is 13.5. The Kier molecular flexibility index (Phi) is 7.62. The molecule has 35 heavy (non-hydrogen) atoms. The van der Waals surface area contributed by atoms with Gasteiger partial charge in [-0.15, -0.1) is 0 Å². The lowest BCUT2D eigenvalue weighted by molar-refractivity contribution is -0.138. The van der Waals surface area contributed by atoms with Crippen molar-refractivity contribution in [3.63, 3.8) is 0 Å². The van der Waals surface area contributed by atoms with Gasteiger partial charge in [0.2, 0.25) is 11.8 Å². The first-order valence-electron chi connectivity index (χ1n) is 13.2. The van der Waals surface area contributed by atoms with Crippen molar-refractivity contribution in [3.05, 3.63) is 29.6 Å². The molecule has 1 saturated carbocycles. The molecule has 5 atom stereocenters. The number of rotatable bonds is 9. The maximum Gasteiger partial charge on any atom is 0.225 e. The molecule has 1 aliphatic heterocycles. The predicted octanol–water partition coefficient (Wildman–Crippen LogP) is 4.50. The van der Waals surface area contributed by atoms with Crippen LogP contribution in [0.5, 0.6) is 0 Å². The average Bonchev–Trinajstić information content (AvgIpc) is 3.50. The fourth-order valence-electron chi connectivity index (χ4n) is 5.51. The first-order chi connectivity index (χ1) is 16.7. The fraction of sp³-hybridized carbons (Fsp3) is 0.643. The van der Waals surface area contributed by atoms with Crippen molar-refractivity contribution in [1.29, 1.82) is 0 Å². The van der Waals surface area contributed by atoms with Gasteiger partial charge < -0.3 is 15.2 Å². The molecular formula is C28H40N4O3. The molecule has 1 saturated heterocycles. The number of aromatic amines is 1. The molecule has 2 heterocycles. The van der Waals surface area contributed by atoms with Crippen LogP contribution in [0.1, 0.15) is 83.5 Å². The summed E-state index contributed by atoms with van der Waals surface area (Å²) in [5.74, 6) is 1.11. The molecule has 4 rings (SSSR count). The van der Waals surface area contributed by atoms with E-state index in [-0.39, 0.29) is 48.3 Å². The van der Waals surface area contributed by atoms with Crippen molar-refractivity contribution in [2.24, 2.45) is 17.8 Å². The lowest BCUT2D eigenvalue weighted by Gasteiger charge is -2.34. The number of aryl methyl sites for hydroxylation is 1. The highest BCUT2D eigenvalue weighted by atomic mass is 16.2. The second kappa shape index (κ2) is 10.5. The number of fused-ring (bicyclic) bond motifs is 1. The third-order valence-electron chi connectivity index (χ3n) is 7.95. The third-order valence-corrected chi connectivity index (χ3v) is 7.95. The van der Waals surface area contributed by atoms with Crippen LogP contribution in [-0.4, -0.2) is 51.1 Å². The average molecular weight is 481 g/mol. The van der Waals surface area contributed by atoms with Crippen LogP contribution >= 0.6 is 0 Å². The number of Topliss-reactive ketones (excluding diaryl/α,β-unsaturated/α-hetero) is 1. The van der Waals surface area contributed by atoms with E-state index in [1.165, 1.54) is 0 Å². The molecule has 2 aromatic rings. The van der Waals surface area contributed by atoms with Crippen molar-refractivity contribution in [2.75, 3.05) is 6.54 Å². The number of para-hydroxylation sites is 1. The number of carbonyl (C=O) groups is 3. The number of ketones is 1. The van der Waals surface area contributed by atoms with E-state index in [9.17, 15) is 14.4 Å². The number of H-pyrrole nitrogens is 1. The van der Waals surface area contributed by atoms with Crippen molar-refractivity contribution in [2.45, 2.75) is 91.1 Å². The van der Waals surface area contributed by atoms with Crippen LogP contribution < -0.4 is 5.32 Å². The van der Waals surface area contributed by atoms with Crippen LogP contribution in [0.25, 0.3) is 11.0 Å².